The summed E-state index contributed by atoms with van der Waals surface area (Å²) in [5.74, 6) is 1.21. The predicted molar refractivity (Wildman–Crippen MR) is 116 cm³/mol. The van der Waals surface area contributed by atoms with Gasteiger partial charge in [0.05, 0.1) is 19.3 Å². The summed E-state index contributed by atoms with van der Waals surface area (Å²) in [6, 6.07) is 0. The number of ether oxygens (including phenoxy) is 1. The van der Waals surface area contributed by atoms with Crippen LogP contribution in [0.1, 0.15) is 19.1 Å². The molecule has 4 aromatic rings. The molecule has 14 heteroatoms. The Balaban J connectivity index is 0.000000144. The smallest absolute Gasteiger partial charge is 0.182 e. The summed E-state index contributed by atoms with van der Waals surface area (Å²) in [6.07, 6.45) is 4.32. The van der Waals surface area contributed by atoms with Gasteiger partial charge in [0.2, 0.25) is 0 Å². The van der Waals surface area contributed by atoms with Crippen LogP contribution < -0.4 is 10.6 Å². The van der Waals surface area contributed by atoms with Crippen LogP contribution >= 0.6 is 0 Å². The molecule has 2 aliphatic heterocycles. The molecule has 6 rings (SSSR count). The first-order chi connectivity index (χ1) is 16.1. The van der Waals surface area contributed by atoms with Gasteiger partial charge in [-0.25, -0.2) is 29.9 Å². The molecule has 2 saturated heterocycles. The van der Waals surface area contributed by atoms with Gasteiger partial charge in [0.1, 0.15) is 42.0 Å². The van der Waals surface area contributed by atoms with Crippen LogP contribution in [-0.2, 0) is 4.74 Å². The maximum atomic E-state index is 9.95. The van der Waals surface area contributed by atoms with E-state index in [0.29, 0.717) is 11.2 Å². The third kappa shape index (κ3) is 3.82. The zero-order valence-electron chi connectivity index (χ0n) is 17.6. The molecule has 2 aliphatic rings. The molecule has 0 saturated carbocycles. The van der Waals surface area contributed by atoms with E-state index >= 15 is 0 Å². The molecule has 174 valence electrons. The van der Waals surface area contributed by atoms with E-state index < -0.39 is 31.1 Å². The van der Waals surface area contributed by atoms with Crippen LogP contribution in [0, 0.1) is 0 Å². The average Bonchev–Trinajstić information content (AvgIpc) is 3.62. The molecule has 0 spiro atoms. The number of aliphatic hydroxyl groups is 3. The topological polar surface area (TPSA) is 197 Å². The Bertz CT molecular complexity index is 1240. The standard InChI is InChI=1S/C10H13N5O4.C9H11N5/c11-8-5-9(13-2-12-8)15(3-14-5)10-7(18)6(17)4(1-16)19-10;1-2-4-14(3-1)9-7-8(11-5-10-7)12-6-13-9/h2-4,6-7,10,16-18H,1H2,(H2,11,12,13);5-6H,1-4H2,(H,10,11,12,13)/t4-,6-,7+,10-;/m1./s1. The summed E-state index contributed by atoms with van der Waals surface area (Å²) in [7, 11) is 0. The van der Waals surface area contributed by atoms with Crippen LogP contribution in [0.5, 0.6) is 0 Å². The summed E-state index contributed by atoms with van der Waals surface area (Å²) < 4.78 is 6.85. The number of nitrogens with one attached hydrogen (secondary N) is 1. The van der Waals surface area contributed by atoms with E-state index in [4.69, 9.17) is 15.6 Å². The normalized spacial score (nSPS) is 25.0. The minimum absolute atomic E-state index is 0.218. The van der Waals surface area contributed by atoms with Gasteiger partial charge in [-0.1, -0.05) is 0 Å². The molecule has 14 nitrogen and oxygen atoms in total. The molecule has 0 aliphatic carbocycles. The third-order valence-electron chi connectivity index (χ3n) is 5.79. The van der Waals surface area contributed by atoms with Crippen LogP contribution in [0.15, 0.2) is 25.3 Å². The lowest BCUT2D eigenvalue weighted by Crippen LogP contribution is -2.33. The average molecular weight is 456 g/mol. The molecule has 6 heterocycles. The summed E-state index contributed by atoms with van der Waals surface area (Å²) in [4.78, 5) is 29.8. The number of H-pyrrole nitrogens is 1. The first-order valence-corrected chi connectivity index (χ1v) is 10.5. The summed E-state index contributed by atoms with van der Waals surface area (Å²) in [6.45, 7) is 1.79. The fourth-order valence-electron chi connectivity index (χ4n) is 4.09. The van der Waals surface area contributed by atoms with Crippen molar-refractivity contribution in [2.45, 2.75) is 37.4 Å². The van der Waals surface area contributed by atoms with Crippen LogP contribution in [0.3, 0.4) is 0 Å². The third-order valence-corrected chi connectivity index (χ3v) is 5.79. The van der Waals surface area contributed by atoms with E-state index in [0.717, 1.165) is 30.1 Å². The number of nitrogens with zero attached hydrogens (tertiary/aromatic N) is 8. The summed E-state index contributed by atoms with van der Waals surface area (Å²) in [5, 5.41) is 28.7. The molecule has 0 radical (unpaired) electrons. The molecule has 4 aromatic heterocycles. The molecule has 0 bridgehead atoms. The Labute approximate surface area is 187 Å². The van der Waals surface area contributed by atoms with Gasteiger partial charge in [-0.3, -0.25) is 4.57 Å². The second-order valence-electron chi connectivity index (χ2n) is 7.80. The number of rotatable bonds is 3. The van der Waals surface area contributed by atoms with Gasteiger partial charge in [-0.2, -0.15) is 0 Å². The van der Waals surface area contributed by atoms with E-state index in [1.54, 1.807) is 12.7 Å². The van der Waals surface area contributed by atoms with Crippen molar-refractivity contribution in [3.05, 3.63) is 25.3 Å². The molecule has 6 N–H and O–H groups in total. The summed E-state index contributed by atoms with van der Waals surface area (Å²) >= 11 is 0. The highest BCUT2D eigenvalue weighted by Crippen LogP contribution is 2.31. The van der Waals surface area contributed by atoms with E-state index in [1.165, 1.54) is 30.1 Å². The van der Waals surface area contributed by atoms with E-state index in [9.17, 15) is 10.2 Å². The SMILES string of the molecule is Nc1ncnc2c1ncn2[C@@H]1O[C@H](CO)[C@@H](O)[C@@H]1O.c1nc(N2CCCC2)c2[nH]cnc2n1. The fourth-order valence-corrected chi connectivity index (χ4v) is 4.09. The van der Waals surface area contributed by atoms with Crippen LogP contribution in [0.4, 0.5) is 11.6 Å². The number of nitrogens with two attached hydrogens (primary N) is 1. The maximum absolute atomic E-state index is 9.95. The lowest BCUT2D eigenvalue weighted by atomic mass is 10.1. The van der Waals surface area contributed by atoms with Crippen molar-refractivity contribution in [3.63, 3.8) is 0 Å². The highest BCUT2D eigenvalue weighted by Gasteiger charge is 2.43. The zero-order valence-corrected chi connectivity index (χ0v) is 17.6. The van der Waals surface area contributed by atoms with Gasteiger partial charge in [0.25, 0.3) is 0 Å². The van der Waals surface area contributed by atoms with E-state index in [2.05, 4.69) is 39.8 Å². The monoisotopic (exact) mass is 456 g/mol. The van der Waals surface area contributed by atoms with Gasteiger partial charge in [-0.05, 0) is 12.8 Å². The number of nitrogen functional groups attached to an aromatic ring is 1. The fraction of sp³-hybridized carbons (Fsp3) is 0.474. The van der Waals surface area contributed by atoms with E-state index in [-0.39, 0.29) is 5.82 Å². The van der Waals surface area contributed by atoms with Crippen LogP contribution in [0.2, 0.25) is 0 Å². The quantitative estimate of drug-likeness (QED) is 0.252. The Morgan fingerprint density at radius 2 is 1.82 bits per heavy atom. The lowest BCUT2D eigenvalue weighted by Gasteiger charge is -2.16. The van der Waals surface area contributed by atoms with Gasteiger partial charge in [0, 0.05) is 13.1 Å². The molecule has 2 fully saturated rings. The summed E-state index contributed by atoms with van der Waals surface area (Å²) in [5.41, 5.74) is 8.15. The molecule has 0 amide bonds. The number of hydrogen-bond acceptors (Lipinski definition) is 12. The number of aromatic amines is 1. The lowest BCUT2D eigenvalue weighted by molar-refractivity contribution is -0.0511. The second kappa shape index (κ2) is 8.82. The van der Waals surface area contributed by atoms with E-state index in [1.807, 2.05) is 0 Å². The molecular formula is C19H24N10O4. The molecule has 33 heavy (non-hydrogen) atoms. The number of aromatic nitrogens is 8. The Hall–Kier alpha value is -3.46. The maximum Gasteiger partial charge on any atom is 0.182 e. The van der Waals surface area contributed by atoms with Gasteiger partial charge in [0.15, 0.2) is 29.2 Å². The number of hydrogen-bond donors (Lipinski definition) is 5. The second-order valence-corrected chi connectivity index (χ2v) is 7.80. The minimum Gasteiger partial charge on any atom is -0.394 e. The van der Waals surface area contributed by atoms with Crippen molar-refractivity contribution < 1.29 is 20.1 Å². The predicted octanol–water partition coefficient (Wildman–Crippen LogP) is -1.03. The van der Waals surface area contributed by atoms with Gasteiger partial charge < -0.3 is 35.7 Å². The Morgan fingerprint density at radius 1 is 1.03 bits per heavy atom. The van der Waals surface area contributed by atoms with Crippen molar-refractivity contribution in [1.29, 1.82) is 0 Å². The number of fused-ring (bicyclic) bond motifs is 2. The zero-order chi connectivity index (χ0) is 22.9. The molecule has 0 aromatic carbocycles. The van der Waals surface area contributed by atoms with Crippen molar-refractivity contribution in [1.82, 2.24) is 39.5 Å². The van der Waals surface area contributed by atoms with Crippen molar-refractivity contribution in [3.8, 4) is 0 Å². The Kier molecular flexibility index (Phi) is 5.72. The van der Waals surface area contributed by atoms with Crippen molar-refractivity contribution in [2.75, 3.05) is 30.3 Å². The Morgan fingerprint density at radius 3 is 2.58 bits per heavy atom. The highest BCUT2D eigenvalue weighted by molar-refractivity contribution is 5.83. The van der Waals surface area contributed by atoms with Gasteiger partial charge in [-0.15, -0.1) is 0 Å². The van der Waals surface area contributed by atoms with Crippen LogP contribution in [-0.4, -0.2) is 92.8 Å². The molecule has 4 atom stereocenters. The molecule has 0 unspecified atom stereocenters. The highest BCUT2D eigenvalue weighted by atomic mass is 16.6. The number of anilines is 2. The van der Waals surface area contributed by atoms with Crippen molar-refractivity contribution >= 4 is 34.0 Å². The largest absolute Gasteiger partial charge is 0.394 e. The first-order valence-electron chi connectivity index (χ1n) is 10.5. The minimum atomic E-state index is -1.19. The first kappa shape index (κ1) is 21.4. The number of aliphatic hydroxyl groups excluding tert-OH is 3. The number of imidazole rings is 2. The van der Waals surface area contributed by atoms with Crippen molar-refractivity contribution in [2.24, 2.45) is 0 Å². The van der Waals surface area contributed by atoms with Crippen LogP contribution in [0.25, 0.3) is 22.3 Å². The molecular weight excluding hydrogens is 432 g/mol. The van der Waals surface area contributed by atoms with Gasteiger partial charge >= 0.3 is 0 Å².